The molecule has 1 aliphatic heterocycles. The number of halogens is 1. The molecule has 1 unspecified atom stereocenters. The lowest BCUT2D eigenvalue weighted by Crippen LogP contribution is -2.25. The molecule has 0 aliphatic carbocycles. The summed E-state index contributed by atoms with van der Waals surface area (Å²) in [5, 5.41) is 0.941. The van der Waals surface area contributed by atoms with E-state index < -0.39 is 9.05 Å². The number of hydrogen-bond acceptors (Lipinski definition) is 4. The minimum absolute atomic E-state index is 0.0996. The highest BCUT2D eigenvalue weighted by Crippen LogP contribution is 2.28. The summed E-state index contributed by atoms with van der Waals surface area (Å²) in [5.74, 6) is -0.554. The number of rotatable bonds is 3. The molecule has 0 bridgehead atoms. The maximum atomic E-state index is 12.1. The molecule has 5 nitrogen and oxygen atoms in total. The third-order valence-electron chi connectivity index (χ3n) is 3.53. The Morgan fingerprint density at radius 2 is 2.10 bits per heavy atom. The van der Waals surface area contributed by atoms with Crippen molar-refractivity contribution >= 4 is 42.2 Å². The third-order valence-corrected chi connectivity index (χ3v) is 4.78. The van der Waals surface area contributed by atoms with Crippen LogP contribution >= 0.6 is 10.7 Å². The second-order valence-corrected chi connectivity index (χ2v) is 7.99. The molecular formula is C14H13ClN2O3S. The molecule has 1 saturated heterocycles. The van der Waals surface area contributed by atoms with E-state index in [1.807, 2.05) is 30.3 Å². The summed E-state index contributed by atoms with van der Waals surface area (Å²) < 4.78 is 22.3. The first-order valence-corrected chi connectivity index (χ1v) is 8.98. The number of carbonyl (C=O) groups excluding carboxylic acids is 1. The first kappa shape index (κ1) is 14.3. The van der Waals surface area contributed by atoms with Gasteiger partial charge in [0, 0.05) is 35.0 Å². The van der Waals surface area contributed by atoms with Crippen molar-refractivity contribution in [3.05, 3.63) is 36.5 Å². The van der Waals surface area contributed by atoms with E-state index in [2.05, 4.69) is 4.98 Å². The molecule has 1 aliphatic rings. The van der Waals surface area contributed by atoms with Gasteiger partial charge in [0.05, 0.1) is 23.2 Å². The van der Waals surface area contributed by atoms with Crippen molar-refractivity contribution in [2.75, 3.05) is 17.2 Å². The molecule has 1 atom stereocenters. The van der Waals surface area contributed by atoms with E-state index >= 15 is 0 Å². The fourth-order valence-electron chi connectivity index (χ4n) is 2.63. The van der Waals surface area contributed by atoms with Gasteiger partial charge >= 0.3 is 0 Å². The topological polar surface area (TPSA) is 67.3 Å². The number of para-hydroxylation sites is 1. The summed E-state index contributed by atoms with van der Waals surface area (Å²) in [6.07, 6.45) is 1.83. The van der Waals surface area contributed by atoms with E-state index in [0.717, 1.165) is 10.9 Å². The molecule has 7 heteroatoms. The van der Waals surface area contributed by atoms with Gasteiger partial charge in [-0.1, -0.05) is 18.2 Å². The predicted octanol–water partition coefficient (Wildman–Crippen LogP) is 2.16. The van der Waals surface area contributed by atoms with Crippen molar-refractivity contribution in [3.63, 3.8) is 0 Å². The van der Waals surface area contributed by atoms with E-state index in [-0.39, 0.29) is 24.0 Å². The van der Waals surface area contributed by atoms with Crippen molar-refractivity contribution in [2.45, 2.75) is 6.42 Å². The summed E-state index contributed by atoms with van der Waals surface area (Å²) in [7, 11) is 1.67. The molecule has 2 aromatic rings. The first-order valence-electron chi connectivity index (χ1n) is 6.50. The zero-order valence-electron chi connectivity index (χ0n) is 11.1. The summed E-state index contributed by atoms with van der Waals surface area (Å²) in [6, 6.07) is 9.51. The number of fused-ring (bicyclic) bond motifs is 1. The van der Waals surface area contributed by atoms with Crippen LogP contribution < -0.4 is 4.90 Å². The lowest BCUT2D eigenvalue weighted by atomic mass is 10.1. The van der Waals surface area contributed by atoms with Gasteiger partial charge < -0.3 is 4.90 Å². The highest BCUT2D eigenvalue weighted by atomic mass is 35.7. The Bertz CT molecular complexity index is 807. The summed E-state index contributed by atoms with van der Waals surface area (Å²) in [5.41, 5.74) is 1.54. The quantitative estimate of drug-likeness (QED) is 0.811. The zero-order valence-corrected chi connectivity index (χ0v) is 12.6. The standard InChI is InChI=1S/C14H13ClN2O3S/c15-21(19,20)9-10-5-14(18)17(8-10)12-6-11-3-1-2-4-13(11)16-7-12/h1-4,6-7,10H,5,8-9H2. The largest absolute Gasteiger partial charge is 0.311 e. The van der Waals surface area contributed by atoms with Crippen LogP contribution in [0.5, 0.6) is 0 Å². The molecule has 0 N–H and O–H groups in total. The number of benzene rings is 1. The van der Waals surface area contributed by atoms with E-state index in [4.69, 9.17) is 10.7 Å². The second kappa shape index (κ2) is 5.27. The molecule has 21 heavy (non-hydrogen) atoms. The van der Waals surface area contributed by atoms with Gasteiger partial charge in [0.1, 0.15) is 0 Å². The maximum absolute atomic E-state index is 12.1. The van der Waals surface area contributed by atoms with Crippen LogP contribution in [-0.4, -0.2) is 31.6 Å². The molecule has 110 valence electrons. The lowest BCUT2D eigenvalue weighted by Gasteiger charge is -2.16. The van der Waals surface area contributed by atoms with Gasteiger partial charge in [-0.2, -0.15) is 0 Å². The SMILES string of the molecule is O=C1CC(CS(=O)(=O)Cl)CN1c1cnc2ccccc2c1. The number of nitrogens with zero attached hydrogens (tertiary/aromatic N) is 2. The van der Waals surface area contributed by atoms with E-state index in [0.29, 0.717) is 12.2 Å². The van der Waals surface area contributed by atoms with Crippen LogP contribution in [-0.2, 0) is 13.8 Å². The summed E-state index contributed by atoms with van der Waals surface area (Å²) in [4.78, 5) is 18.0. The van der Waals surface area contributed by atoms with Gasteiger partial charge in [-0.15, -0.1) is 0 Å². The van der Waals surface area contributed by atoms with Crippen molar-refractivity contribution in [1.82, 2.24) is 4.98 Å². The minimum Gasteiger partial charge on any atom is -0.311 e. The zero-order chi connectivity index (χ0) is 15.0. The van der Waals surface area contributed by atoms with Crippen molar-refractivity contribution in [3.8, 4) is 0 Å². The molecule has 0 saturated carbocycles. The summed E-state index contributed by atoms with van der Waals surface area (Å²) in [6.45, 7) is 0.352. The van der Waals surface area contributed by atoms with Crippen LogP contribution in [0.25, 0.3) is 10.9 Å². The number of aromatic nitrogens is 1. The normalized spacial score (nSPS) is 19.4. The Morgan fingerprint density at radius 1 is 1.33 bits per heavy atom. The molecule has 2 heterocycles. The van der Waals surface area contributed by atoms with Crippen LogP contribution in [0.15, 0.2) is 36.5 Å². The smallest absolute Gasteiger partial charge is 0.232 e. The van der Waals surface area contributed by atoms with Crippen molar-refractivity contribution in [2.24, 2.45) is 5.92 Å². The Morgan fingerprint density at radius 3 is 2.86 bits per heavy atom. The number of anilines is 1. The van der Waals surface area contributed by atoms with Gasteiger partial charge in [0.15, 0.2) is 0 Å². The highest BCUT2D eigenvalue weighted by molar-refractivity contribution is 8.13. The van der Waals surface area contributed by atoms with Crippen LogP contribution in [0.1, 0.15) is 6.42 Å². The Labute approximate surface area is 127 Å². The Balaban J connectivity index is 1.87. The molecule has 1 aromatic heterocycles. The molecule has 0 radical (unpaired) electrons. The number of pyridine rings is 1. The van der Waals surface area contributed by atoms with Gasteiger partial charge in [0.2, 0.25) is 15.0 Å². The van der Waals surface area contributed by atoms with Crippen LogP contribution in [0.4, 0.5) is 5.69 Å². The van der Waals surface area contributed by atoms with Crippen molar-refractivity contribution < 1.29 is 13.2 Å². The minimum atomic E-state index is -3.59. The van der Waals surface area contributed by atoms with Crippen LogP contribution in [0, 0.1) is 5.92 Å². The monoisotopic (exact) mass is 324 g/mol. The van der Waals surface area contributed by atoms with Gasteiger partial charge in [0.25, 0.3) is 0 Å². The van der Waals surface area contributed by atoms with Gasteiger partial charge in [-0.05, 0) is 12.1 Å². The Kier molecular flexibility index (Phi) is 3.59. The number of amides is 1. The lowest BCUT2D eigenvalue weighted by molar-refractivity contribution is -0.117. The van der Waals surface area contributed by atoms with Crippen LogP contribution in [0.3, 0.4) is 0 Å². The molecule has 3 rings (SSSR count). The molecule has 1 amide bonds. The van der Waals surface area contributed by atoms with Gasteiger partial charge in [-0.25, -0.2) is 8.42 Å². The summed E-state index contributed by atoms with van der Waals surface area (Å²) >= 11 is 0. The van der Waals surface area contributed by atoms with E-state index in [9.17, 15) is 13.2 Å². The molecule has 1 aromatic carbocycles. The molecule has 0 spiro atoms. The molecule has 1 fully saturated rings. The first-order chi connectivity index (χ1) is 9.92. The van der Waals surface area contributed by atoms with E-state index in [1.54, 1.807) is 11.1 Å². The maximum Gasteiger partial charge on any atom is 0.232 e. The predicted molar refractivity (Wildman–Crippen MR) is 81.8 cm³/mol. The van der Waals surface area contributed by atoms with Crippen molar-refractivity contribution in [1.29, 1.82) is 0 Å². The third kappa shape index (κ3) is 3.16. The fourth-order valence-corrected chi connectivity index (χ4v) is 3.95. The average molecular weight is 325 g/mol. The molecular weight excluding hydrogens is 312 g/mol. The number of hydrogen-bond donors (Lipinski definition) is 0. The highest BCUT2D eigenvalue weighted by Gasteiger charge is 2.33. The Hall–Kier alpha value is -1.66. The second-order valence-electron chi connectivity index (χ2n) is 5.17. The van der Waals surface area contributed by atoms with E-state index in [1.165, 1.54) is 0 Å². The fraction of sp³-hybridized carbons (Fsp3) is 0.286. The number of carbonyl (C=O) groups is 1. The van der Waals surface area contributed by atoms with Crippen LogP contribution in [0.2, 0.25) is 0 Å². The average Bonchev–Trinajstić information content (AvgIpc) is 2.76. The van der Waals surface area contributed by atoms with Gasteiger partial charge in [-0.3, -0.25) is 9.78 Å².